The second kappa shape index (κ2) is 13.1. The lowest BCUT2D eigenvalue weighted by atomic mass is 9.71. The molecule has 2 atom stereocenters. The van der Waals surface area contributed by atoms with Gasteiger partial charge in [0.1, 0.15) is 6.61 Å². The minimum absolute atomic E-state index is 0.0129. The van der Waals surface area contributed by atoms with Crippen LogP contribution >= 0.6 is 0 Å². The largest absolute Gasteiger partial charge is 0.504 e. The zero-order valence-electron chi connectivity index (χ0n) is 24.5. The third kappa shape index (κ3) is 6.51. The van der Waals surface area contributed by atoms with E-state index in [1.54, 1.807) is 26.4 Å². The number of dihydropyridines is 1. The number of ketones is 1. The predicted octanol–water partition coefficient (Wildman–Crippen LogP) is 5.14. The van der Waals surface area contributed by atoms with Crippen molar-refractivity contribution in [3.63, 3.8) is 0 Å². The van der Waals surface area contributed by atoms with Crippen molar-refractivity contribution in [2.24, 2.45) is 0 Å². The van der Waals surface area contributed by atoms with E-state index in [4.69, 9.17) is 23.7 Å². The molecule has 220 valence electrons. The summed E-state index contributed by atoms with van der Waals surface area (Å²) in [6.45, 7) is 8.16. The quantitative estimate of drug-likeness (QED) is 0.283. The van der Waals surface area contributed by atoms with E-state index in [1.807, 2.05) is 45.9 Å². The molecule has 0 aromatic heterocycles. The molecule has 41 heavy (non-hydrogen) atoms. The number of esters is 1. The summed E-state index contributed by atoms with van der Waals surface area (Å²) in [5.74, 6) is 0.0982. The topological polar surface area (TPSA) is 113 Å². The van der Waals surface area contributed by atoms with Crippen LogP contribution in [0.5, 0.6) is 23.0 Å². The van der Waals surface area contributed by atoms with Crippen molar-refractivity contribution < 1.29 is 38.4 Å². The van der Waals surface area contributed by atoms with Crippen molar-refractivity contribution in [1.82, 2.24) is 5.32 Å². The van der Waals surface area contributed by atoms with Gasteiger partial charge in [-0.15, -0.1) is 0 Å². The number of carbonyl (C=O) groups excluding carboxylic acids is 2. The molecule has 9 nitrogen and oxygen atoms in total. The van der Waals surface area contributed by atoms with Gasteiger partial charge in [0.05, 0.1) is 39.1 Å². The number of carbonyl (C=O) groups is 2. The van der Waals surface area contributed by atoms with Gasteiger partial charge in [-0.1, -0.05) is 12.1 Å². The minimum atomic E-state index is -0.691. The van der Waals surface area contributed by atoms with Crippen molar-refractivity contribution >= 4 is 11.8 Å². The molecule has 2 aromatic carbocycles. The average Bonchev–Trinajstić information content (AvgIpc) is 2.95. The number of hydrogen-bond donors (Lipinski definition) is 2. The second-order valence-electron chi connectivity index (χ2n) is 10.3. The van der Waals surface area contributed by atoms with Gasteiger partial charge >= 0.3 is 5.97 Å². The van der Waals surface area contributed by atoms with E-state index >= 15 is 0 Å². The Bertz CT molecular complexity index is 1360. The summed E-state index contributed by atoms with van der Waals surface area (Å²) in [4.78, 5) is 27.4. The van der Waals surface area contributed by atoms with Gasteiger partial charge in [0.25, 0.3) is 0 Å². The summed E-state index contributed by atoms with van der Waals surface area (Å²) in [5.41, 5.74) is 3.85. The number of allylic oxidation sites excluding steroid dienone is 3. The lowest BCUT2D eigenvalue weighted by Crippen LogP contribution is -2.36. The summed E-state index contributed by atoms with van der Waals surface area (Å²) in [7, 11) is 3.17. The first-order chi connectivity index (χ1) is 19.7. The summed E-state index contributed by atoms with van der Waals surface area (Å²) in [6.07, 6.45) is 0.830. The first-order valence-corrected chi connectivity index (χ1v) is 13.9. The van der Waals surface area contributed by atoms with Crippen LogP contribution in [0.2, 0.25) is 0 Å². The van der Waals surface area contributed by atoms with Crippen LogP contribution in [0.3, 0.4) is 0 Å². The molecule has 9 heteroatoms. The van der Waals surface area contributed by atoms with E-state index in [2.05, 4.69) is 5.32 Å². The number of methoxy groups -OCH3 is 2. The average molecular weight is 566 g/mol. The molecule has 2 aromatic rings. The summed E-state index contributed by atoms with van der Waals surface area (Å²) in [5, 5.41) is 13.7. The van der Waals surface area contributed by atoms with Crippen molar-refractivity contribution in [2.45, 2.75) is 58.5 Å². The van der Waals surface area contributed by atoms with E-state index in [0.717, 1.165) is 11.3 Å². The lowest BCUT2D eigenvalue weighted by molar-refractivity contribution is -0.141. The third-order valence-corrected chi connectivity index (χ3v) is 7.31. The summed E-state index contributed by atoms with van der Waals surface area (Å²) < 4.78 is 27.6. The Balaban J connectivity index is 1.73. The SMILES string of the molecule is CCOc1cc(C2C(C(=O)OCCOC(C)C)=C(C)NC3=C2C(=O)CC(c2ccc(OC)c(OC)c2)C3)ccc1O. The predicted molar refractivity (Wildman–Crippen MR) is 153 cm³/mol. The first-order valence-electron chi connectivity index (χ1n) is 13.9. The van der Waals surface area contributed by atoms with Crippen LogP contribution in [0.25, 0.3) is 0 Å². The molecule has 0 fully saturated rings. The number of rotatable bonds is 11. The number of phenols is 1. The van der Waals surface area contributed by atoms with Gasteiger partial charge in [0.15, 0.2) is 28.8 Å². The maximum atomic E-state index is 13.9. The summed E-state index contributed by atoms with van der Waals surface area (Å²) >= 11 is 0. The Labute approximate surface area is 241 Å². The fourth-order valence-corrected chi connectivity index (χ4v) is 5.46. The Kier molecular flexibility index (Phi) is 9.60. The van der Waals surface area contributed by atoms with E-state index in [9.17, 15) is 14.7 Å². The number of benzene rings is 2. The maximum Gasteiger partial charge on any atom is 0.336 e. The van der Waals surface area contributed by atoms with E-state index in [1.165, 1.54) is 6.07 Å². The number of ether oxygens (including phenoxy) is 5. The Morgan fingerprint density at radius 2 is 1.71 bits per heavy atom. The van der Waals surface area contributed by atoms with Gasteiger partial charge in [0, 0.05) is 29.3 Å². The maximum absolute atomic E-state index is 13.9. The normalized spacial score (nSPS) is 18.7. The standard InChI is InChI=1S/C32H39NO8/c1-7-39-27-17-21(8-10-24(27)34)30-29(32(36)41-13-12-40-18(2)3)19(4)33-23-14-22(15-25(35)31(23)30)20-9-11-26(37-5)28(16-20)38-6/h8-11,16-18,22,30,33-34H,7,12-15H2,1-6H3. The van der Waals surface area contributed by atoms with Crippen LogP contribution in [-0.4, -0.2) is 57.0 Å². The molecule has 2 aliphatic rings. The van der Waals surface area contributed by atoms with Crippen LogP contribution in [-0.2, 0) is 19.1 Å². The van der Waals surface area contributed by atoms with Crippen molar-refractivity contribution in [3.8, 4) is 23.0 Å². The Morgan fingerprint density at radius 1 is 1.00 bits per heavy atom. The zero-order valence-corrected chi connectivity index (χ0v) is 24.5. The first kappa shape index (κ1) is 30.0. The van der Waals surface area contributed by atoms with Gasteiger partial charge in [-0.3, -0.25) is 4.79 Å². The Morgan fingerprint density at radius 3 is 2.39 bits per heavy atom. The van der Waals surface area contributed by atoms with Crippen LogP contribution < -0.4 is 19.5 Å². The minimum Gasteiger partial charge on any atom is -0.504 e. The Hall–Kier alpha value is -3.98. The van der Waals surface area contributed by atoms with Crippen molar-refractivity contribution in [1.29, 1.82) is 0 Å². The van der Waals surface area contributed by atoms with E-state index in [-0.39, 0.29) is 48.9 Å². The molecule has 0 bridgehead atoms. The molecule has 0 saturated heterocycles. The van der Waals surface area contributed by atoms with E-state index < -0.39 is 11.9 Å². The molecule has 0 spiro atoms. The number of nitrogens with one attached hydrogen (secondary N) is 1. The number of aromatic hydroxyl groups is 1. The van der Waals surface area contributed by atoms with Crippen LogP contribution in [0.4, 0.5) is 0 Å². The van der Waals surface area contributed by atoms with Gasteiger partial charge in [0.2, 0.25) is 0 Å². The molecule has 4 rings (SSSR count). The van der Waals surface area contributed by atoms with Gasteiger partial charge in [-0.05, 0) is 75.4 Å². The summed E-state index contributed by atoms with van der Waals surface area (Å²) in [6, 6.07) is 10.6. The van der Waals surface area contributed by atoms with E-state index in [0.29, 0.717) is 46.9 Å². The van der Waals surface area contributed by atoms with Crippen molar-refractivity contribution in [3.05, 3.63) is 70.1 Å². The highest BCUT2D eigenvalue weighted by molar-refractivity contribution is 6.04. The van der Waals surface area contributed by atoms with Gasteiger partial charge in [-0.2, -0.15) is 0 Å². The molecule has 2 unspecified atom stereocenters. The smallest absolute Gasteiger partial charge is 0.336 e. The van der Waals surface area contributed by atoms with Crippen LogP contribution in [0.1, 0.15) is 63.5 Å². The molecule has 0 radical (unpaired) electrons. The fourth-order valence-electron chi connectivity index (χ4n) is 5.46. The molecule has 1 heterocycles. The number of Topliss-reactive ketones (excluding diaryl/α,β-unsaturated/α-hetero) is 1. The van der Waals surface area contributed by atoms with Crippen LogP contribution in [0.15, 0.2) is 58.9 Å². The lowest BCUT2D eigenvalue weighted by Gasteiger charge is -2.37. The molecule has 1 aliphatic carbocycles. The molecular weight excluding hydrogens is 526 g/mol. The molecule has 0 amide bonds. The highest BCUT2D eigenvalue weighted by Gasteiger charge is 2.41. The zero-order chi connectivity index (χ0) is 29.7. The third-order valence-electron chi connectivity index (χ3n) is 7.31. The van der Waals surface area contributed by atoms with Gasteiger partial charge in [-0.25, -0.2) is 4.79 Å². The molecular formula is C32H39NO8. The van der Waals surface area contributed by atoms with Gasteiger partial charge < -0.3 is 34.1 Å². The van der Waals surface area contributed by atoms with Crippen molar-refractivity contribution in [2.75, 3.05) is 34.0 Å². The molecule has 0 saturated carbocycles. The second-order valence-corrected chi connectivity index (χ2v) is 10.3. The molecule has 2 N–H and O–H groups in total. The molecule has 1 aliphatic heterocycles. The monoisotopic (exact) mass is 565 g/mol. The van der Waals surface area contributed by atoms with Crippen LogP contribution in [0, 0.1) is 0 Å². The highest BCUT2D eigenvalue weighted by atomic mass is 16.6. The highest BCUT2D eigenvalue weighted by Crippen LogP contribution is 2.47. The fraction of sp³-hybridized carbons (Fsp3) is 0.438. The number of phenolic OH excluding ortho intramolecular Hbond substituents is 1. The number of hydrogen-bond acceptors (Lipinski definition) is 9.